The maximum atomic E-state index is 15.1. The zero-order valence-electron chi connectivity index (χ0n) is 22.2. The van der Waals surface area contributed by atoms with E-state index >= 15 is 8.78 Å². The number of nitrogens with one attached hydrogen (secondary N) is 3. The molecule has 13 heteroatoms. The molecular weight excluding hydrogens is 543 g/mol. The highest BCUT2D eigenvalue weighted by Crippen LogP contribution is 2.34. The maximum Gasteiger partial charge on any atom is 0.237 e. The van der Waals surface area contributed by atoms with E-state index in [2.05, 4.69) is 25.7 Å². The Kier molecular flexibility index (Phi) is 7.69. The zero-order chi connectivity index (χ0) is 28.6. The van der Waals surface area contributed by atoms with Gasteiger partial charge in [-0.25, -0.2) is 31.6 Å². The molecule has 0 amide bonds. The number of alkyl halides is 1. The van der Waals surface area contributed by atoms with Gasteiger partial charge in [0.25, 0.3) is 0 Å². The molecule has 0 unspecified atom stereocenters. The fraction of sp³-hybridized carbons (Fsp3) is 0.370. The van der Waals surface area contributed by atoms with Crippen molar-refractivity contribution < 1.29 is 21.6 Å². The van der Waals surface area contributed by atoms with Crippen molar-refractivity contribution >= 4 is 32.6 Å². The molecule has 1 fully saturated rings. The predicted octanol–water partition coefficient (Wildman–Crippen LogP) is 4.49. The van der Waals surface area contributed by atoms with Crippen LogP contribution in [0.5, 0.6) is 0 Å². The standard InChI is InChI=1S/C27H30F3N7O2S/c1-15(2)22-5-17(4-19-10-32-27(35-25(19)22)34-21-8-20(28)11-31-12-21)18-6-23(29)26(24(30)7-18)36-40(38,39)14-16-9-33-37(3)13-16/h4-7,9-10,13,15,20-21,31,36H,8,11-12,14H2,1-3H3,(H,32,34,35)/t20-,21-/m0/s1. The molecule has 9 nitrogen and oxygen atoms in total. The summed E-state index contributed by atoms with van der Waals surface area (Å²) in [5.74, 6) is -2.17. The number of nitrogens with zero attached hydrogens (tertiary/aromatic N) is 4. The van der Waals surface area contributed by atoms with Crippen molar-refractivity contribution in [3.05, 3.63) is 65.6 Å². The molecule has 2 atom stereocenters. The molecule has 0 bridgehead atoms. The molecule has 2 aromatic heterocycles. The zero-order valence-corrected chi connectivity index (χ0v) is 23.1. The number of aromatic nitrogens is 4. The highest BCUT2D eigenvalue weighted by molar-refractivity contribution is 7.91. The third-order valence-electron chi connectivity index (χ3n) is 6.71. The summed E-state index contributed by atoms with van der Waals surface area (Å²) in [5, 5.41) is 10.8. The Morgan fingerprint density at radius 2 is 1.82 bits per heavy atom. The van der Waals surface area contributed by atoms with Crippen LogP contribution in [-0.2, 0) is 22.8 Å². The van der Waals surface area contributed by atoms with Crippen LogP contribution in [0, 0.1) is 11.6 Å². The molecule has 1 aliphatic rings. The van der Waals surface area contributed by atoms with E-state index in [0.717, 1.165) is 17.7 Å². The monoisotopic (exact) mass is 573 g/mol. The normalized spacial score (nSPS) is 17.9. The molecule has 40 heavy (non-hydrogen) atoms. The Bertz CT molecular complexity index is 1640. The van der Waals surface area contributed by atoms with E-state index in [0.29, 0.717) is 47.5 Å². The Hall–Kier alpha value is -3.71. The second-order valence-corrected chi connectivity index (χ2v) is 12.1. The van der Waals surface area contributed by atoms with Gasteiger partial charge in [0, 0.05) is 55.9 Å². The van der Waals surface area contributed by atoms with Gasteiger partial charge in [0.05, 0.1) is 17.5 Å². The number of halogens is 3. The Morgan fingerprint density at radius 3 is 2.48 bits per heavy atom. The van der Waals surface area contributed by atoms with Gasteiger partial charge >= 0.3 is 0 Å². The van der Waals surface area contributed by atoms with Crippen LogP contribution < -0.4 is 15.4 Å². The van der Waals surface area contributed by atoms with Crippen molar-refractivity contribution in [1.29, 1.82) is 0 Å². The molecule has 1 aliphatic heterocycles. The maximum absolute atomic E-state index is 15.1. The van der Waals surface area contributed by atoms with Crippen LogP contribution in [0.15, 0.2) is 42.9 Å². The average Bonchev–Trinajstić information content (AvgIpc) is 3.28. The van der Waals surface area contributed by atoms with Gasteiger partial charge in [-0.15, -0.1) is 0 Å². The summed E-state index contributed by atoms with van der Waals surface area (Å²) < 4.78 is 72.5. The van der Waals surface area contributed by atoms with Crippen molar-refractivity contribution in [1.82, 2.24) is 25.1 Å². The topological polar surface area (TPSA) is 114 Å². The highest BCUT2D eigenvalue weighted by atomic mass is 32.2. The first kappa shape index (κ1) is 27.8. The lowest BCUT2D eigenvalue weighted by Gasteiger charge is -2.26. The number of hydrogen-bond acceptors (Lipinski definition) is 7. The predicted molar refractivity (Wildman–Crippen MR) is 148 cm³/mol. The number of anilines is 2. The summed E-state index contributed by atoms with van der Waals surface area (Å²) in [7, 11) is -2.46. The van der Waals surface area contributed by atoms with E-state index in [1.807, 2.05) is 24.6 Å². The molecule has 4 aromatic rings. The van der Waals surface area contributed by atoms with E-state index < -0.39 is 39.3 Å². The first-order valence-corrected chi connectivity index (χ1v) is 14.5. The molecule has 212 valence electrons. The lowest BCUT2D eigenvalue weighted by Crippen LogP contribution is -2.44. The second kappa shape index (κ2) is 11.0. The van der Waals surface area contributed by atoms with Gasteiger partial charge in [-0.2, -0.15) is 5.10 Å². The lowest BCUT2D eigenvalue weighted by atomic mass is 9.94. The van der Waals surface area contributed by atoms with Gasteiger partial charge in [-0.05, 0) is 46.9 Å². The molecular formula is C27H30F3N7O2S. The minimum atomic E-state index is -4.09. The van der Waals surface area contributed by atoms with Crippen LogP contribution in [0.3, 0.4) is 0 Å². The lowest BCUT2D eigenvalue weighted by molar-refractivity contribution is 0.254. The van der Waals surface area contributed by atoms with Gasteiger partial charge < -0.3 is 10.6 Å². The van der Waals surface area contributed by atoms with Crippen LogP contribution in [0.2, 0.25) is 0 Å². The number of benzene rings is 2. The van der Waals surface area contributed by atoms with Gasteiger partial charge in [0.15, 0.2) is 11.6 Å². The van der Waals surface area contributed by atoms with Crippen LogP contribution in [-0.4, -0.2) is 53.5 Å². The summed E-state index contributed by atoms with van der Waals surface area (Å²) in [5.41, 5.74) is 1.91. The molecule has 3 N–H and O–H groups in total. The van der Waals surface area contributed by atoms with Gasteiger partial charge in [-0.3, -0.25) is 9.40 Å². The second-order valence-electron chi connectivity index (χ2n) is 10.4. The van der Waals surface area contributed by atoms with Crippen LogP contribution in [0.25, 0.3) is 22.0 Å². The highest BCUT2D eigenvalue weighted by Gasteiger charge is 2.23. The minimum Gasteiger partial charge on any atom is -0.350 e. The van der Waals surface area contributed by atoms with Crippen molar-refractivity contribution in [3.8, 4) is 11.1 Å². The quantitative estimate of drug-likeness (QED) is 0.285. The Balaban J connectivity index is 1.44. The summed E-state index contributed by atoms with van der Waals surface area (Å²) in [6.07, 6.45) is 3.92. The first-order chi connectivity index (χ1) is 19.0. The van der Waals surface area contributed by atoms with Crippen molar-refractivity contribution in [2.24, 2.45) is 7.05 Å². The number of piperidine rings is 1. The molecule has 1 saturated heterocycles. The molecule has 0 spiro atoms. The average molecular weight is 574 g/mol. The number of hydrogen-bond donors (Lipinski definition) is 3. The Labute approximate surface area is 230 Å². The van der Waals surface area contributed by atoms with E-state index in [4.69, 9.17) is 0 Å². The fourth-order valence-corrected chi connectivity index (χ4v) is 5.99. The fourth-order valence-electron chi connectivity index (χ4n) is 4.83. The third kappa shape index (κ3) is 6.20. The van der Waals surface area contributed by atoms with E-state index in [9.17, 15) is 12.8 Å². The Morgan fingerprint density at radius 1 is 1.10 bits per heavy atom. The number of sulfonamides is 1. The molecule has 5 rings (SSSR count). The van der Waals surface area contributed by atoms with E-state index in [1.165, 1.54) is 17.1 Å². The van der Waals surface area contributed by atoms with E-state index in [1.54, 1.807) is 19.3 Å². The van der Waals surface area contributed by atoms with E-state index in [-0.39, 0.29) is 17.5 Å². The largest absolute Gasteiger partial charge is 0.350 e. The van der Waals surface area contributed by atoms with Crippen LogP contribution in [0.4, 0.5) is 24.8 Å². The number of fused-ring (bicyclic) bond motifs is 1. The molecule has 0 aliphatic carbocycles. The summed E-state index contributed by atoms with van der Waals surface area (Å²) in [4.78, 5) is 9.06. The first-order valence-electron chi connectivity index (χ1n) is 12.9. The van der Waals surface area contributed by atoms with Crippen molar-refractivity contribution in [2.45, 2.75) is 44.2 Å². The molecule has 2 aromatic carbocycles. The number of aryl methyl sites for hydroxylation is 1. The molecule has 3 heterocycles. The summed E-state index contributed by atoms with van der Waals surface area (Å²) in [6.45, 7) is 4.89. The minimum absolute atomic E-state index is 0.0185. The van der Waals surface area contributed by atoms with Gasteiger partial charge in [-0.1, -0.05) is 13.8 Å². The number of rotatable bonds is 8. The van der Waals surface area contributed by atoms with Crippen LogP contribution >= 0.6 is 0 Å². The van der Waals surface area contributed by atoms with Gasteiger partial charge in [0.2, 0.25) is 16.0 Å². The third-order valence-corrected chi connectivity index (χ3v) is 7.94. The summed E-state index contributed by atoms with van der Waals surface area (Å²) in [6, 6.07) is 5.58. The summed E-state index contributed by atoms with van der Waals surface area (Å²) >= 11 is 0. The molecule has 0 saturated carbocycles. The van der Waals surface area contributed by atoms with Gasteiger partial charge in [0.1, 0.15) is 11.9 Å². The molecule has 0 radical (unpaired) electrons. The van der Waals surface area contributed by atoms with Crippen molar-refractivity contribution in [3.63, 3.8) is 0 Å². The SMILES string of the molecule is CC(C)c1cc(-c2cc(F)c(NS(=O)(=O)Cc3cnn(C)c3)c(F)c2)cc2cnc(N[C@@H]3CNC[C@@H](F)C3)nc12. The smallest absolute Gasteiger partial charge is 0.237 e. The van der Waals surface area contributed by atoms with Crippen molar-refractivity contribution in [2.75, 3.05) is 23.1 Å². The van der Waals surface area contributed by atoms with Crippen LogP contribution in [0.1, 0.15) is 37.3 Å².